The minimum atomic E-state index is -1.37. The SMILES string of the molecule is CCCCC1CCC([Si](C)(C)[Si](C)(C)C2C(C)CC3C(c4cc(C(C)(C)C)cc(C(C)(C)C)c4)CCCC32)C1.[Li+].[Li+]. The van der Waals surface area contributed by atoms with E-state index in [-0.39, 0.29) is 48.6 Å². The Morgan fingerprint density at radius 2 is 1.32 bits per heavy atom. The molecule has 7 atom stereocenters. The van der Waals surface area contributed by atoms with Gasteiger partial charge in [0.15, 0.2) is 0 Å². The Kier molecular flexibility index (Phi) is 13.1. The maximum atomic E-state index is 2.91. The summed E-state index contributed by atoms with van der Waals surface area (Å²) in [6, 6.07) is 7.83. The van der Waals surface area contributed by atoms with Gasteiger partial charge in [0.25, 0.3) is 0 Å². The fourth-order valence-electron chi connectivity index (χ4n) is 9.92. The van der Waals surface area contributed by atoms with Crippen LogP contribution in [0, 0.1) is 23.7 Å². The Morgan fingerprint density at radius 3 is 1.85 bits per heavy atom. The molecule has 0 radical (unpaired) electrons. The molecule has 0 nitrogen and oxygen atoms in total. The summed E-state index contributed by atoms with van der Waals surface area (Å²) in [6.45, 7) is 31.1. The van der Waals surface area contributed by atoms with Crippen LogP contribution in [0.1, 0.15) is 142 Å². The molecule has 0 spiro atoms. The third-order valence-corrected chi connectivity index (χ3v) is 33.7. The van der Waals surface area contributed by atoms with Crippen molar-refractivity contribution in [3.8, 4) is 0 Å². The molecule has 1 aromatic rings. The first-order valence-electron chi connectivity index (χ1n) is 17.1. The average Bonchev–Trinajstić information content (AvgIpc) is 3.45. The maximum Gasteiger partial charge on any atom is 1.00 e. The molecule has 3 fully saturated rings. The predicted octanol–water partition coefficient (Wildman–Crippen LogP) is 6.06. The number of rotatable bonds is 7. The van der Waals surface area contributed by atoms with Crippen LogP contribution >= 0.6 is 0 Å². The average molecular weight is 581 g/mol. The van der Waals surface area contributed by atoms with Crippen LogP contribution in [0.15, 0.2) is 18.2 Å². The van der Waals surface area contributed by atoms with E-state index in [2.05, 4.69) is 99.8 Å². The molecule has 4 heteroatoms. The fourth-order valence-corrected chi connectivity index (χ4v) is 24.7. The van der Waals surface area contributed by atoms with Crippen molar-refractivity contribution in [1.29, 1.82) is 0 Å². The largest absolute Gasteiger partial charge is 1.00 e. The molecule has 0 aromatic heterocycles. The van der Waals surface area contributed by atoms with E-state index >= 15 is 0 Å². The van der Waals surface area contributed by atoms with E-state index in [4.69, 9.17) is 0 Å². The summed E-state index contributed by atoms with van der Waals surface area (Å²) in [7, 11) is -2.66. The van der Waals surface area contributed by atoms with Gasteiger partial charge in [0.2, 0.25) is 0 Å². The molecule has 0 aliphatic heterocycles. The van der Waals surface area contributed by atoms with E-state index in [1.807, 2.05) is 0 Å². The number of benzene rings is 1. The molecule has 4 rings (SSSR count). The van der Waals surface area contributed by atoms with Gasteiger partial charge in [-0.25, -0.2) is 0 Å². The Morgan fingerprint density at radius 1 is 0.732 bits per heavy atom. The van der Waals surface area contributed by atoms with Crippen molar-refractivity contribution >= 4 is 15.2 Å². The van der Waals surface area contributed by atoms with E-state index in [0.717, 1.165) is 40.7 Å². The van der Waals surface area contributed by atoms with Gasteiger partial charge in [-0.1, -0.05) is 151 Å². The van der Waals surface area contributed by atoms with Crippen LogP contribution in [0.2, 0.25) is 37.3 Å². The zero-order valence-corrected chi connectivity index (χ0v) is 32.3. The van der Waals surface area contributed by atoms with Crippen LogP contribution in [0.25, 0.3) is 0 Å². The summed E-state index contributed by atoms with van der Waals surface area (Å²) in [5, 5.41) is 0. The monoisotopic (exact) mass is 581 g/mol. The number of fused-ring (bicyclic) bond motifs is 1. The van der Waals surface area contributed by atoms with Crippen molar-refractivity contribution in [2.45, 2.75) is 174 Å². The summed E-state index contributed by atoms with van der Waals surface area (Å²) in [5.41, 5.74) is 7.36. The van der Waals surface area contributed by atoms with Crippen LogP contribution in [-0.4, -0.2) is 15.2 Å². The van der Waals surface area contributed by atoms with Gasteiger partial charge >= 0.3 is 37.7 Å². The number of unbranched alkanes of at least 4 members (excludes halogenated alkanes) is 1. The molecule has 0 amide bonds. The molecule has 222 valence electrons. The molecule has 3 aliphatic rings. The molecule has 1 aromatic carbocycles. The van der Waals surface area contributed by atoms with Gasteiger partial charge in [-0.3, -0.25) is 0 Å². The molecular formula is C37H66Li2Si2+2. The molecule has 41 heavy (non-hydrogen) atoms. The Bertz CT molecular complexity index is 953. The van der Waals surface area contributed by atoms with Gasteiger partial charge in [-0.2, -0.15) is 0 Å². The third kappa shape index (κ3) is 7.81. The molecule has 3 aliphatic carbocycles. The summed E-state index contributed by atoms with van der Waals surface area (Å²) >= 11 is 0. The molecule has 3 saturated carbocycles. The maximum absolute atomic E-state index is 2.91. The first-order valence-corrected chi connectivity index (χ1v) is 24.3. The molecule has 0 bridgehead atoms. The number of hydrogen-bond donors (Lipinski definition) is 0. The number of hydrogen-bond acceptors (Lipinski definition) is 0. The second kappa shape index (κ2) is 14.1. The van der Waals surface area contributed by atoms with Crippen LogP contribution in [-0.2, 0) is 10.8 Å². The Hall–Kier alpha value is 0.849. The van der Waals surface area contributed by atoms with Crippen molar-refractivity contribution < 1.29 is 37.7 Å². The first kappa shape index (κ1) is 38.0. The van der Waals surface area contributed by atoms with Crippen LogP contribution < -0.4 is 37.7 Å². The topological polar surface area (TPSA) is 0 Å². The molecule has 7 unspecified atom stereocenters. The molecule has 0 heterocycles. The Balaban J connectivity index is 0.00000294. The van der Waals surface area contributed by atoms with Gasteiger partial charge < -0.3 is 0 Å². The zero-order chi connectivity index (χ0) is 29.0. The van der Waals surface area contributed by atoms with Crippen molar-refractivity contribution in [3.05, 3.63) is 34.9 Å². The van der Waals surface area contributed by atoms with Crippen molar-refractivity contribution in [2.24, 2.45) is 23.7 Å². The summed E-state index contributed by atoms with van der Waals surface area (Å²) < 4.78 is 0. The second-order valence-electron chi connectivity index (χ2n) is 17.9. The summed E-state index contributed by atoms with van der Waals surface area (Å²) in [4.78, 5) is 0. The standard InChI is InChI=1S/C37H66Si2.2Li/c1-13-14-16-27-19-20-31(22-27)38(9,10)39(11,12)35-26(2)21-34-32(17-15-18-33(34)35)28-23-29(36(3,4)5)25-30(24-28)37(6,7)8;;/h23-27,31-35H,13-22H2,1-12H3;;/q;2*+1. The fraction of sp³-hybridized carbons (Fsp3) is 0.838. The van der Waals surface area contributed by atoms with Gasteiger partial charge in [0.1, 0.15) is 0 Å². The molecular weight excluding hydrogens is 514 g/mol. The van der Waals surface area contributed by atoms with E-state index in [9.17, 15) is 0 Å². The van der Waals surface area contributed by atoms with Gasteiger partial charge in [-0.15, -0.1) is 0 Å². The van der Waals surface area contributed by atoms with E-state index in [1.165, 1.54) is 44.9 Å². The van der Waals surface area contributed by atoms with Crippen LogP contribution in [0.4, 0.5) is 0 Å². The minimum Gasteiger partial charge on any atom is -0.0711 e. The van der Waals surface area contributed by atoms with Gasteiger partial charge in [0.05, 0.1) is 0 Å². The normalized spacial score (nSPS) is 30.9. The van der Waals surface area contributed by atoms with Crippen LogP contribution in [0.5, 0.6) is 0 Å². The van der Waals surface area contributed by atoms with E-state index < -0.39 is 15.2 Å². The van der Waals surface area contributed by atoms with Gasteiger partial charge in [0, 0.05) is 15.2 Å². The van der Waals surface area contributed by atoms with Gasteiger partial charge in [-0.05, 0) is 81.0 Å². The quantitative estimate of drug-likeness (QED) is 0.344. The Labute approximate surface area is 283 Å². The van der Waals surface area contributed by atoms with Crippen molar-refractivity contribution in [2.75, 3.05) is 0 Å². The first-order chi connectivity index (χ1) is 18.0. The molecule has 0 saturated heterocycles. The molecule has 0 N–H and O–H groups in total. The van der Waals surface area contributed by atoms with Crippen LogP contribution in [0.3, 0.4) is 0 Å². The zero-order valence-electron chi connectivity index (χ0n) is 30.3. The second-order valence-corrected chi connectivity index (χ2v) is 34.0. The summed E-state index contributed by atoms with van der Waals surface area (Å²) in [5.74, 6) is 4.66. The minimum absolute atomic E-state index is 0. The smallest absolute Gasteiger partial charge is 0.0711 e. The predicted molar refractivity (Wildman–Crippen MR) is 181 cm³/mol. The summed E-state index contributed by atoms with van der Waals surface area (Å²) in [6.07, 6.45) is 14.9. The third-order valence-electron chi connectivity index (χ3n) is 13.0. The van der Waals surface area contributed by atoms with Crippen molar-refractivity contribution in [3.63, 3.8) is 0 Å². The van der Waals surface area contributed by atoms with Crippen molar-refractivity contribution in [1.82, 2.24) is 0 Å². The van der Waals surface area contributed by atoms with E-state index in [1.54, 1.807) is 36.0 Å². The van der Waals surface area contributed by atoms with E-state index in [0.29, 0.717) is 0 Å².